The lowest BCUT2D eigenvalue weighted by molar-refractivity contribution is 0.150. The van der Waals surface area contributed by atoms with Gasteiger partial charge in [0.05, 0.1) is 6.04 Å². The van der Waals surface area contributed by atoms with Crippen LogP contribution in [0, 0.1) is 5.41 Å². The Bertz CT molecular complexity index is 363. The Labute approximate surface area is 96.4 Å². The van der Waals surface area contributed by atoms with E-state index in [1.165, 1.54) is 5.56 Å². The topological polar surface area (TPSA) is 41.5 Å². The van der Waals surface area contributed by atoms with Crippen LogP contribution in [0.15, 0.2) is 24.3 Å². The average Bonchev–Trinajstić information content (AvgIpc) is 2.70. The van der Waals surface area contributed by atoms with Gasteiger partial charge in [0, 0.05) is 24.1 Å². The average molecular weight is 221 g/mol. The van der Waals surface area contributed by atoms with Crippen LogP contribution in [0.5, 0.6) is 5.75 Å². The van der Waals surface area contributed by atoms with Gasteiger partial charge in [0.2, 0.25) is 0 Å². The molecule has 0 bridgehead atoms. The van der Waals surface area contributed by atoms with Gasteiger partial charge in [-0.05, 0) is 6.07 Å². The molecule has 3 nitrogen and oxygen atoms in total. The maximum absolute atomic E-state index is 9.19. The van der Waals surface area contributed by atoms with E-state index in [0.717, 1.165) is 12.3 Å². The molecular weight excluding hydrogens is 202 g/mol. The second-order valence-electron chi connectivity index (χ2n) is 5.10. The van der Waals surface area contributed by atoms with Crippen molar-refractivity contribution >= 4 is 0 Å². The number of aliphatic hydroxyl groups excluding tert-OH is 1. The summed E-state index contributed by atoms with van der Waals surface area (Å²) in [6.07, 6.45) is 0. The minimum atomic E-state index is -0.0858. The molecular formula is C13H19NO2. The zero-order chi connectivity index (χ0) is 11.6. The first-order valence-electron chi connectivity index (χ1n) is 5.68. The number of rotatable bonds is 4. The predicted molar refractivity (Wildman–Crippen MR) is 63.5 cm³/mol. The summed E-state index contributed by atoms with van der Waals surface area (Å²) in [5, 5.41) is 12.6. The van der Waals surface area contributed by atoms with Crippen molar-refractivity contribution in [3.63, 3.8) is 0 Å². The van der Waals surface area contributed by atoms with E-state index in [1.807, 2.05) is 32.0 Å². The Morgan fingerprint density at radius 1 is 1.44 bits per heavy atom. The minimum absolute atomic E-state index is 0.0858. The van der Waals surface area contributed by atoms with Gasteiger partial charge in [-0.25, -0.2) is 0 Å². The second kappa shape index (κ2) is 4.44. The molecule has 1 atom stereocenters. The van der Waals surface area contributed by atoms with Crippen molar-refractivity contribution in [1.82, 2.24) is 5.32 Å². The fourth-order valence-electron chi connectivity index (χ4n) is 1.79. The number of nitrogens with one attached hydrogen (secondary N) is 1. The predicted octanol–water partition coefficient (Wildman–Crippen LogP) is 1.73. The molecule has 2 N–H and O–H groups in total. The third-order valence-electron chi connectivity index (χ3n) is 2.95. The smallest absolute Gasteiger partial charge is 0.124 e. The van der Waals surface area contributed by atoms with E-state index >= 15 is 0 Å². The van der Waals surface area contributed by atoms with Crippen LogP contribution in [0.3, 0.4) is 0 Å². The molecule has 0 spiro atoms. The molecule has 2 rings (SSSR count). The molecule has 3 heteroatoms. The molecule has 0 amide bonds. The first kappa shape index (κ1) is 11.4. The number of hydrogen-bond donors (Lipinski definition) is 2. The summed E-state index contributed by atoms with van der Waals surface area (Å²) in [6.45, 7) is 5.74. The van der Waals surface area contributed by atoms with Crippen molar-refractivity contribution in [3.05, 3.63) is 29.8 Å². The highest BCUT2D eigenvalue weighted by molar-refractivity contribution is 5.39. The normalized spacial score (nSPS) is 19.3. The fourth-order valence-corrected chi connectivity index (χ4v) is 1.79. The van der Waals surface area contributed by atoms with Crippen molar-refractivity contribution in [2.24, 2.45) is 5.41 Å². The lowest BCUT2D eigenvalue weighted by Gasteiger charge is -2.24. The Kier molecular flexibility index (Phi) is 3.17. The number of hydrogen-bond acceptors (Lipinski definition) is 3. The molecule has 88 valence electrons. The van der Waals surface area contributed by atoms with Gasteiger partial charge in [-0.3, -0.25) is 0 Å². The highest BCUT2D eigenvalue weighted by Gasteiger charge is 2.25. The van der Waals surface area contributed by atoms with Crippen molar-refractivity contribution < 1.29 is 9.84 Å². The maximum atomic E-state index is 9.19. The monoisotopic (exact) mass is 221 g/mol. The molecule has 1 aliphatic rings. The summed E-state index contributed by atoms with van der Waals surface area (Å²) >= 11 is 0. The second-order valence-corrected chi connectivity index (χ2v) is 5.10. The molecule has 1 unspecified atom stereocenters. The summed E-state index contributed by atoms with van der Waals surface area (Å²) in [7, 11) is 0. The number of fused-ring (bicyclic) bond motifs is 1. The first-order valence-corrected chi connectivity index (χ1v) is 5.68. The van der Waals surface area contributed by atoms with Crippen LogP contribution >= 0.6 is 0 Å². The molecule has 16 heavy (non-hydrogen) atoms. The van der Waals surface area contributed by atoms with Crippen molar-refractivity contribution in [2.75, 3.05) is 19.8 Å². The first-order chi connectivity index (χ1) is 7.62. The molecule has 1 aliphatic heterocycles. The lowest BCUT2D eigenvalue weighted by atomic mass is 9.94. The molecule has 0 saturated heterocycles. The van der Waals surface area contributed by atoms with E-state index in [1.54, 1.807) is 0 Å². The maximum Gasteiger partial charge on any atom is 0.124 e. The Morgan fingerprint density at radius 2 is 2.19 bits per heavy atom. The third-order valence-corrected chi connectivity index (χ3v) is 2.95. The van der Waals surface area contributed by atoms with Gasteiger partial charge in [-0.2, -0.15) is 0 Å². The summed E-state index contributed by atoms with van der Waals surface area (Å²) in [4.78, 5) is 0. The Hall–Kier alpha value is -1.06. The quantitative estimate of drug-likeness (QED) is 0.813. The lowest BCUT2D eigenvalue weighted by Crippen LogP contribution is -2.35. The molecule has 0 radical (unpaired) electrons. The van der Waals surface area contributed by atoms with Crippen LogP contribution in [-0.2, 0) is 0 Å². The zero-order valence-corrected chi connectivity index (χ0v) is 9.86. The zero-order valence-electron chi connectivity index (χ0n) is 9.86. The van der Waals surface area contributed by atoms with Gasteiger partial charge in [0.25, 0.3) is 0 Å². The van der Waals surface area contributed by atoms with Gasteiger partial charge in [-0.15, -0.1) is 0 Å². The van der Waals surface area contributed by atoms with Crippen LogP contribution in [0.25, 0.3) is 0 Å². The van der Waals surface area contributed by atoms with Gasteiger partial charge >= 0.3 is 0 Å². The van der Waals surface area contributed by atoms with Crippen LogP contribution in [0.2, 0.25) is 0 Å². The van der Waals surface area contributed by atoms with Crippen LogP contribution in [-0.4, -0.2) is 24.9 Å². The Balaban J connectivity index is 1.99. The summed E-state index contributed by atoms with van der Waals surface area (Å²) < 4.78 is 5.58. The molecule has 1 aromatic rings. The van der Waals surface area contributed by atoms with E-state index in [9.17, 15) is 5.11 Å². The van der Waals surface area contributed by atoms with E-state index in [0.29, 0.717) is 6.61 Å². The summed E-state index contributed by atoms with van der Waals surface area (Å²) in [6, 6.07) is 8.35. The molecule has 1 heterocycles. The Morgan fingerprint density at radius 3 is 2.94 bits per heavy atom. The van der Waals surface area contributed by atoms with Crippen molar-refractivity contribution in [2.45, 2.75) is 19.9 Å². The third kappa shape index (κ3) is 2.36. The molecule has 1 aromatic carbocycles. The molecule has 0 saturated carbocycles. The fraction of sp³-hybridized carbons (Fsp3) is 0.538. The summed E-state index contributed by atoms with van der Waals surface area (Å²) in [5.74, 6) is 0.974. The van der Waals surface area contributed by atoms with E-state index < -0.39 is 0 Å². The van der Waals surface area contributed by atoms with Crippen LogP contribution in [0.4, 0.5) is 0 Å². The van der Waals surface area contributed by atoms with E-state index in [4.69, 9.17) is 4.74 Å². The largest absolute Gasteiger partial charge is 0.491 e. The SMILES string of the molecule is CC(C)(CO)CNC1COc2ccccc21. The van der Waals surface area contributed by atoms with Crippen molar-refractivity contribution in [3.8, 4) is 5.75 Å². The summed E-state index contributed by atoms with van der Waals surface area (Å²) in [5.41, 5.74) is 1.13. The highest BCUT2D eigenvalue weighted by atomic mass is 16.5. The number of benzene rings is 1. The van der Waals surface area contributed by atoms with Gasteiger partial charge < -0.3 is 15.2 Å². The number of para-hydroxylation sites is 1. The standard InChI is InChI=1S/C13H19NO2/c1-13(2,9-15)8-14-11-7-16-12-6-4-3-5-10(11)12/h3-6,11,14-15H,7-9H2,1-2H3. The van der Waals surface area contributed by atoms with E-state index in [-0.39, 0.29) is 18.1 Å². The number of aliphatic hydroxyl groups is 1. The van der Waals surface area contributed by atoms with Gasteiger partial charge in [-0.1, -0.05) is 32.0 Å². The van der Waals surface area contributed by atoms with E-state index in [2.05, 4.69) is 11.4 Å². The van der Waals surface area contributed by atoms with Crippen LogP contribution in [0.1, 0.15) is 25.5 Å². The number of ether oxygens (including phenoxy) is 1. The highest BCUT2D eigenvalue weighted by Crippen LogP contribution is 2.32. The molecule has 0 aliphatic carbocycles. The molecule has 0 aromatic heterocycles. The minimum Gasteiger partial charge on any atom is -0.491 e. The van der Waals surface area contributed by atoms with Gasteiger partial charge in [0.15, 0.2) is 0 Å². The molecule has 0 fully saturated rings. The van der Waals surface area contributed by atoms with Crippen LogP contribution < -0.4 is 10.1 Å². The van der Waals surface area contributed by atoms with Gasteiger partial charge in [0.1, 0.15) is 12.4 Å². The van der Waals surface area contributed by atoms with Crippen molar-refractivity contribution in [1.29, 1.82) is 0 Å².